The number of carbonyl (C=O) groups is 1. The van der Waals surface area contributed by atoms with Crippen LogP contribution in [0.15, 0.2) is 48.5 Å². The van der Waals surface area contributed by atoms with E-state index in [1.54, 1.807) is 0 Å². The summed E-state index contributed by atoms with van der Waals surface area (Å²) in [6.07, 6.45) is 9.32. The monoisotopic (exact) mass is 711 g/mol. The lowest BCUT2D eigenvalue weighted by Gasteiger charge is -2.35. The van der Waals surface area contributed by atoms with Crippen molar-refractivity contribution in [3.05, 3.63) is 70.8 Å². The maximum absolute atomic E-state index is 12.7. The van der Waals surface area contributed by atoms with Gasteiger partial charge in [-0.05, 0) is 71.1 Å². The minimum Gasteiger partial charge on any atom is -0.441 e. The highest BCUT2D eigenvalue weighted by Gasteiger charge is 2.27. The van der Waals surface area contributed by atoms with Crippen molar-refractivity contribution in [2.45, 2.75) is 110 Å². The molecule has 0 bridgehead atoms. The molecule has 2 aromatic rings. The Morgan fingerprint density at radius 3 is 2.19 bits per heavy atom. The number of ether oxygens (including phenoxy) is 1. The molecule has 0 aromatic heterocycles. The summed E-state index contributed by atoms with van der Waals surface area (Å²) in [5, 5.41) is 11.8. The highest BCUT2D eigenvalue weighted by atomic mass is 33.1. The third-order valence-electron chi connectivity index (χ3n) is 7.80. The van der Waals surface area contributed by atoms with E-state index in [1.807, 2.05) is 64.1 Å². The van der Waals surface area contributed by atoms with Gasteiger partial charge in [-0.25, -0.2) is 9.46 Å². The first-order valence-corrected chi connectivity index (χ1v) is 21.1. The smallest absolute Gasteiger partial charge is 0.407 e. The van der Waals surface area contributed by atoms with Crippen LogP contribution in [0, 0.1) is 23.2 Å². The van der Waals surface area contributed by atoms with Gasteiger partial charge in [-0.1, -0.05) is 95.5 Å². The van der Waals surface area contributed by atoms with Crippen LogP contribution in [0.5, 0.6) is 0 Å². The standard InChI is InChI=1S/C38H54N3O4PS2/c1-31(2)41(32(3)4)46(44-27-17-24-39)43-26-14-6-8-16-29-48-47-28-15-7-5-13-25-40-38(42)45-37-30-35-20-10-9-18-33(35)22-23-34-19-11-12-21-36(34)37/h9-12,18-21,31-32,37H,5-8,13-17,25-30H2,1-4H3,(H,40,42). The van der Waals surface area contributed by atoms with E-state index in [0.29, 0.717) is 44.7 Å². The molecule has 1 amide bonds. The Bertz CT molecular complexity index is 1320. The molecule has 0 aliphatic heterocycles. The van der Waals surface area contributed by atoms with E-state index in [-0.39, 0.29) is 12.2 Å². The topological polar surface area (TPSA) is 83.8 Å². The van der Waals surface area contributed by atoms with Crippen LogP contribution < -0.4 is 5.32 Å². The number of amides is 1. The summed E-state index contributed by atoms with van der Waals surface area (Å²) < 4.78 is 20.3. The van der Waals surface area contributed by atoms with Crippen molar-refractivity contribution in [3.63, 3.8) is 0 Å². The quantitative estimate of drug-likeness (QED) is 0.0528. The van der Waals surface area contributed by atoms with Gasteiger partial charge in [0.25, 0.3) is 8.53 Å². The molecule has 0 spiro atoms. The van der Waals surface area contributed by atoms with Gasteiger partial charge in [-0.2, -0.15) is 5.26 Å². The minimum absolute atomic E-state index is 0.331. The normalized spacial score (nSPS) is 14.3. The number of benzene rings is 2. The molecule has 2 aromatic carbocycles. The van der Waals surface area contributed by atoms with E-state index in [4.69, 9.17) is 19.0 Å². The summed E-state index contributed by atoms with van der Waals surface area (Å²) in [5.74, 6) is 8.88. The van der Waals surface area contributed by atoms with Gasteiger partial charge in [0.05, 0.1) is 25.7 Å². The van der Waals surface area contributed by atoms with Gasteiger partial charge in [0.1, 0.15) is 6.10 Å². The zero-order valence-corrected chi connectivity index (χ0v) is 31.8. The zero-order valence-electron chi connectivity index (χ0n) is 29.2. The van der Waals surface area contributed by atoms with Crippen LogP contribution in [0.1, 0.15) is 114 Å². The molecule has 1 N–H and O–H groups in total. The van der Waals surface area contributed by atoms with Crippen molar-refractivity contribution in [1.29, 1.82) is 5.26 Å². The van der Waals surface area contributed by atoms with E-state index in [1.165, 1.54) is 31.4 Å². The van der Waals surface area contributed by atoms with Gasteiger partial charge in [-0.15, -0.1) is 0 Å². The van der Waals surface area contributed by atoms with E-state index in [0.717, 1.165) is 53.7 Å². The molecule has 7 nitrogen and oxygen atoms in total. The van der Waals surface area contributed by atoms with Crippen molar-refractivity contribution in [3.8, 4) is 17.9 Å². The molecule has 0 radical (unpaired) electrons. The molecule has 262 valence electrons. The van der Waals surface area contributed by atoms with Crippen molar-refractivity contribution < 1.29 is 18.6 Å². The molecule has 0 fully saturated rings. The number of unbranched alkanes of at least 4 members (excludes halogenated alkanes) is 6. The Labute approximate surface area is 299 Å². The third-order valence-corrected chi connectivity index (χ3v) is 12.5. The number of hydrogen-bond acceptors (Lipinski definition) is 8. The molecular formula is C38H54N3O4PS2. The fourth-order valence-electron chi connectivity index (χ4n) is 5.45. The van der Waals surface area contributed by atoms with E-state index < -0.39 is 8.53 Å². The highest BCUT2D eigenvalue weighted by Crippen LogP contribution is 2.46. The Morgan fingerprint density at radius 2 is 1.48 bits per heavy atom. The number of fused-ring (bicyclic) bond motifs is 2. The Kier molecular flexibility index (Phi) is 20.1. The van der Waals surface area contributed by atoms with Gasteiger partial charge < -0.3 is 19.1 Å². The summed E-state index contributed by atoms with van der Waals surface area (Å²) in [4.78, 5) is 12.7. The van der Waals surface area contributed by atoms with E-state index in [2.05, 4.69) is 61.7 Å². The molecule has 0 heterocycles. The number of rotatable bonds is 23. The first kappa shape index (κ1) is 40.2. The summed E-state index contributed by atoms with van der Waals surface area (Å²) in [5.41, 5.74) is 3.95. The number of alkyl carbamates (subject to hydrolysis) is 1. The van der Waals surface area contributed by atoms with Gasteiger partial charge in [0.2, 0.25) is 0 Å². The molecule has 2 unspecified atom stereocenters. The predicted molar refractivity (Wildman–Crippen MR) is 203 cm³/mol. The van der Waals surface area contributed by atoms with Crippen molar-refractivity contribution >= 4 is 36.2 Å². The first-order valence-electron chi connectivity index (χ1n) is 17.5. The van der Waals surface area contributed by atoms with Gasteiger partial charge in [-0.3, -0.25) is 0 Å². The summed E-state index contributed by atoms with van der Waals surface area (Å²) in [7, 11) is 2.82. The van der Waals surface area contributed by atoms with Crippen LogP contribution in [-0.2, 0) is 20.2 Å². The molecule has 48 heavy (non-hydrogen) atoms. The number of hydrogen-bond donors (Lipinski definition) is 1. The van der Waals surface area contributed by atoms with E-state index >= 15 is 0 Å². The second-order valence-corrected chi connectivity index (χ2v) is 16.5. The third kappa shape index (κ3) is 15.1. The Hall–Kier alpha value is -2.23. The van der Waals surface area contributed by atoms with Gasteiger partial charge in [0.15, 0.2) is 0 Å². The van der Waals surface area contributed by atoms with Crippen LogP contribution in [0.4, 0.5) is 4.79 Å². The Balaban J connectivity index is 1.18. The fraction of sp³-hybridized carbons (Fsp3) is 0.579. The van der Waals surface area contributed by atoms with Crippen molar-refractivity contribution in [2.24, 2.45) is 0 Å². The summed E-state index contributed by atoms with van der Waals surface area (Å²) in [6, 6.07) is 18.8. The molecule has 1 aliphatic carbocycles. The van der Waals surface area contributed by atoms with Crippen LogP contribution in [-0.4, -0.2) is 54.1 Å². The Morgan fingerprint density at radius 1 is 0.875 bits per heavy atom. The van der Waals surface area contributed by atoms with Gasteiger partial charge >= 0.3 is 6.09 Å². The number of nitrogens with zero attached hydrogens (tertiary/aromatic N) is 2. The molecule has 0 saturated carbocycles. The molecule has 0 saturated heterocycles. The van der Waals surface area contributed by atoms with Crippen LogP contribution in [0.25, 0.3) is 0 Å². The SMILES string of the molecule is CC(C)N(C(C)C)P(OCCC#N)OCCCCCCSSCCCCCCNC(=O)OC1Cc2ccccc2C#Cc2ccccc21. The summed E-state index contributed by atoms with van der Waals surface area (Å²) in [6.45, 7) is 10.4. The van der Waals surface area contributed by atoms with Crippen molar-refractivity contribution in [2.75, 3.05) is 31.3 Å². The lowest BCUT2D eigenvalue weighted by molar-refractivity contribution is 0.0971. The lowest BCUT2D eigenvalue weighted by Crippen LogP contribution is -2.33. The first-order chi connectivity index (χ1) is 23.4. The average molecular weight is 712 g/mol. The minimum atomic E-state index is -1.13. The van der Waals surface area contributed by atoms with Gasteiger partial charge in [0, 0.05) is 53.2 Å². The molecule has 1 aliphatic rings. The number of carbonyl (C=O) groups excluding carboxylic acids is 1. The maximum atomic E-state index is 12.7. The predicted octanol–water partition coefficient (Wildman–Crippen LogP) is 10.2. The second kappa shape index (κ2) is 24.0. The molecule has 10 heteroatoms. The second-order valence-electron chi connectivity index (χ2n) is 12.4. The highest BCUT2D eigenvalue weighted by molar-refractivity contribution is 8.76. The molecule has 3 rings (SSSR count). The summed E-state index contributed by atoms with van der Waals surface area (Å²) >= 11 is 0. The number of nitrogens with one attached hydrogen (secondary N) is 1. The number of nitriles is 1. The zero-order chi connectivity index (χ0) is 34.4. The van der Waals surface area contributed by atoms with Crippen LogP contribution >= 0.6 is 30.1 Å². The van der Waals surface area contributed by atoms with E-state index in [9.17, 15) is 4.79 Å². The molecule has 2 atom stereocenters. The van der Waals surface area contributed by atoms with Crippen molar-refractivity contribution in [1.82, 2.24) is 9.99 Å². The average Bonchev–Trinajstić information content (AvgIpc) is 3.06. The maximum Gasteiger partial charge on any atom is 0.407 e. The lowest BCUT2D eigenvalue weighted by atomic mass is 9.92. The molecular weight excluding hydrogens is 658 g/mol. The van der Waals surface area contributed by atoms with Crippen LogP contribution in [0.3, 0.4) is 0 Å². The fourth-order valence-corrected chi connectivity index (χ4v) is 9.37. The largest absolute Gasteiger partial charge is 0.441 e. The van der Waals surface area contributed by atoms with Crippen LogP contribution in [0.2, 0.25) is 0 Å².